The van der Waals surface area contributed by atoms with E-state index in [9.17, 15) is 4.79 Å². The molecule has 0 unspecified atom stereocenters. The predicted octanol–water partition coefficient (Wildman–Crippen LogP) is 4.80. The van der Waals surface area contributed by atoms with Crippen LogP contribution in [-0.2, 0) is 6.54 Å². The van der Waals surface area contributed by atoms with Crippen LogP contribution >= 0.6 is 11.3 Å². The van der Waals surface area contributed by atoms with Crippen LogP contribution in [0.4, 0.5) is 0 Å². The van der Waals surface area contributed by atoms with E-state index in [1.807, 2.05) is 35.2 Å². The van der Waals surface area contributed by atoms with Gasteiger partial charge in [-0.15, -0.1) is 11.3 Å². The average molecular weight is 353 g/mol. The standard InChI is InChI=1S/C20H23N3OS/c1-2-23-16-10-6-5-9-15(16)21-19(23)17-11-12-18(25-17)20(24)22-13-7-3-4-8-14-22/h5-6,9-12H,2-4,7-8,13-14H2,1H3. The first-order valence-electron chi connectivity index (χ1n) is 9.12. The van der Waals surface area contributed by atoms with Gasteiger partial charge in [0.15, 0.2) is 5.82 Å². The molecule has 4 rings (SSSR count). The number of amides is 1. The zero-order valence-corrected chi connectivity index (χ0v) is 15.4. The molecule has 1 amide bonds. The molecular formula is C20H23N3OS. The minimum absolute atomic E-state index is 0.178. The first kappa shape index (κ1) is 16.3. The molecule has 3 aromatic rings. The van der Waals surface area contributed by atoms with Crippen molar-refractivity contribution in [2.45, 2.75) is 39.2 Å². The number of benzene rings is 1. The van der Waals surface area contributed by atoms with Gasteiger partial charge in [-0.3, -0.25) is 4.79 Å². The van der Waals surface area contributed by atoms with Crippen LogP contribution in [-0.4, -0.2) is 33.4 Å². The van der Waals surface area contributed by atoms with Gasteiger partial charge in [-0.1, -0.05) is 25.0 Å². The van der Waals surface area contributed by atoms with Crippen LogP contribution in [0.25, 0.3) is 21.7 Å². The summed E-state index contributed by atoms with van der Waals surface area (Å²) >= 11 is 1.56. The number of aryl methyl sites for hydroxylation is 1. The third kappa shape index (κ3) is 3.09. The van der Waals surface area contributed by atoms with E-state index >= 15 is 0 Å². The number of rotatable bonds is 3. The van der Waals surface area contributed by atoms with Crippen LogP contribution in [0.5, 0.6) is 0 Å². The number of carbonyl (C=O) groups excluding carboxylic acids is 1. The highest BCUT2D eigenvalue weighted by molar-refractivity contribution is 7.17. The summed E-state index contributed by atoms with van der Waals surface area (Å²) in [6, 6.07) is 12.2. The number of fused-ring (bicyclic) bond motifs is 1. The van der Waals surface area contributed by atoms with E-state index in [2.05, 4.69) is 17.6 Å². The smallest absolute Gasteiger partial charge is 0.263 e. The molecule has 0 radical (unpaired) electrons. The quantitative estimate of drug-likeness (QED) is 0.678. The largest absolute Gasteiger partial charge is 0.338 e. The predicted molar refractivity (Wildman–Crippen MR) is 103 cm³/mol. The zero-order valence-electron chi connectivity index (χ0n) is 14.6. The van der Waals surface area contributed by atoms with E-state index in [0.717, 1.165) is 59.1 Å². The van der Waals surface area contributed by atoms with Crippen LogP contribution in [0.2, 0.25) is 0 Å². The minimum Gasteiger partial charge on any atom is -0.338 e. The molecule has 1 aliphatic heterocycles. The Morgan fingerprint density at radius 2 is 1.84 bits per heavy atom. The third-order valence-corrected chi connectivity index (χ3v) is 5.97. The summed E-state index contributed by atoms with van der Waals surface area (Å²) < 4.78 is 2.22. The highest BCUT2D eigenvalue weighted by Crippen LogP contribution is 2.31. The lowest BCUT2D eigenvalue weighted by Gasteiger charge is -2.19. The van der Waals surface area contributed by atoms with Crippen LogP contribution in [0.15, 0.2) is 36.4 Å². The van der Waals surface area contributed by atoms with Gasteiger partial charge in [0.2, 0.25) is 0 Å². The number of aromatic nitrogens is 2. The van der Waals surface area contributed by atoms with E-state index in [1.54, 1.807) is 11.3 Å². The number of carbonyl (C=O) groups is 1. The second kappa shape index (κ2) is 7.00. The lowest BCUT2D eigenvalue weighted by atomic mass is 10.2. The summed E-state index contributed by atoms with van der Waals surface area (Å²) in [5.74, 6) is 1.14. The SMILES string of the molecule is CCn1c(-c2ccc(C(=O)N3CCCCCC3)s2)nc2ccccc21. The molecule has 0 N–H and O–H groups in total. The molecule has 0 saturated carbocycles. The fraction of sp³-hybridized carbons (Fsp3) is 0.400. The minimum atomic E-state index is 0.178. The second-order valence-electron chi connectivity index (χ2n) is 6.54. The van der Waals surface area contributed by atoms with Gasteiger partial charge in [0.25, 0.3) is 5.91 Å². The first-order chi connectivity index (χ1) is 12.3. The lowest BCUT2D eigenvalue weighted by Crippen LogP contribution is -2.31. The molecule has 1 saturated heterocycles. The Morgan fingerprint density at radius 3 is 2.60 bits per heavy atom. The Balaban J connectivity index is 1.66. The van der Waals surface area contributed by atoms with Gasteiger partial charge in [-0.25, -0.2) is 4.98 Å². The summed E-state index contributed by atoms with van der Waals surface area (Å²) in [5.41, 5.74) is 2.15. The van der Waals surface area contributed by atoms with Crippen molar-refractivity contribution in [1.29, 1.82) is 0 Å². The van der Waals surface area contributed by atoms with Gasteiger partial charge in [-0.2, -0.15) is 0 Å². The molecule has 5 heteroatoms. The molecule has 130 valence electrons. The van der Waals surface area contributed by atoms with E-state index in [0.29, 0.717) is 0 Å². The molecule has 3 heterocycles. The fourth-order valence-electron chi connectivity index (χ4n) is 3.59. The molecule has 1 fully saturated rings. The summed E-state index contributed by atoms with van der Waals surface area (Å²) in [7, 11) is 0. The molecule has 4 nitrogen and oxygen atoms in total. The van der Waals surface area contributed by atoms with E-state index < -0.39 is 0 Å². The molecular weight excluding hydrogens is 330 g/mol. The molecule has 0 bridgehead atoms. The van der Waals surface area contributed by atoms with Gasteiger partial charge in [0.1, 0.15) is 0 Å². The highest BCUT2D eigenvalue weighted by atomic mass is 32.1. The van der Waals surface area contributed by atoms with Crippen molar-refractivity contribution in [2.24, 2.45) is 0 Å². The van der Waals surface area contributed by atoms with Crippen molar-refractivity contribution in [3.63, 3.8) is 0 Å². The molecule has 2 aromatic heterocycles. The number of imidazole rings is 1. The number of hydrogen-bond donors (Lipinski definition) is 0. The van der Waals surface area contributed by atoms with Gasteiger partial charge in [0, 0.05) is 19.6 Å². The Kier molecular flexibility index (Phi) is 4.57. The molecule has 0 spiro atoms. The topological polar surface area (TPSA) is 38.1 Å². The molecule has 1 aliphatic rings. The van der Waals surface area contributed by atoms with Crippen LogP contribution in [0.1, 0.15) is 42.3 Å². The average Bonchev–Trinajstić information content (AvgIpc) is 3.17. The Labute approximate surface area is 152 Å². The maximum absolute atomic E-state index is 12.8. The van der Waals surface area contributed by atoms with E-state index in [4.69, 9.17) is 4.98 Å². The number of nitrogens with zero attached hydrogens (tertiary/aromatic N) is 3. The van der Waals surface area contributed by atoms with Crippen LogP contribution < -0.4 is 0 Å². The van der Waals surface area contributed by atoms with Crippen molar-refractivity contribution in [3.05, 3.63) is 41.3 Å². The van der Waals surface area contributed by atoms with Crippen molar-refractivity contribution >= 4 is 28.3 Å². The molecule has 0 aliphatic carbocycles. The normalized spacial score (nSPS) is 15.5. The second-order valence-corrected chi connectivity index (χ2v) is 7.62. The molecule has 25 heavy (non-hydrogen) atoms. The molecule has 0 atom stereocenters. The van der Waals surface area contributed by atoms with E-state index in [-0.39, 0.29) is 5.91 Å². The first-order valence-corrected chi connectivity index (χ1v) is 9.94. The van der Waals surface area contributed by atoms with Gasteiger partial charge in [-0.05, 0) is 44.0 Å². The Morgan fingerprint density at radius 1 is 1.08 bits per heavy atom. The number of hydrogen-bond acceptors (Lipinski definition) is 3. The summed E-state index contributed by atoms with van der Waals surface area (Å²) in [6.45, 7) is 4.77. The summed E-state index contributed by atoms with van der Waals surface area (Å²) in [5, 5.41) is 0. The van der Waals surface area contributed by atoms with E-state index in [1.165, 1.54) is 12.8 Å². The lowest BCUT2D eigenvalue weighted by molar-refractivity contribution is 0.0766. The van der Waals surface area contributed by atoms with Crippen molar-refractivity contribution in [3.8, 4) is 10.7 Å². The Hall–Kier alpha value is -2.14. The zero-order chi connectivity index (χ0) is 17.2. The van der Waals surface area contributed by atoms with Crippen molar-refractivity contribution < 1.29 is 4.79 Å². The Bertz CT molecular complexity index is 887. The number of likely N-dealkylation sites (tertiary alicyclic amines) is 1. The van der Waals surface area contributed by atoms with Gasteiger partial charge in [0.05, 0.1) is 20.8 Å². The third-order valence-electron chi connectivity index (χ3n) is 4.90. The summed E-state index contributed by atoms with van der Waals surface area (Å²) in [6.07, 6.45) is 4.71. The number of para-hydroxylation sites is 2. The van der Waals surface area contributed by atoms with Crippen LogP contribution in [0, 0.1) is 0 Å². The maximum Gasteiger partial charge on any atom is 0.263 e. The maximum atomic E-state index is 12.8. The summed E-state index contributed by atoms with van der Waals surface area (Å²) in [4.78, 5) is 21.5. The fourth-order valence-corrected chi connectivity index (χ4v) is 4.56. The number of thiophene rings is 1. The molecule has 1 aromatic carbocycles. The van der Waals surface area contributed by atoms with Crippen LogP contribution in [0.3, 0.4) is 0 Å². The van der Waals surface area contributed by atoms with Gasteiger partial charge >= 0.3 is 0 Å². The van der Waals surface area contributed by atoms with Crippen molar-refractivity contribution in [1.82, 2.24) is 14.5 Å². The van der Waals surface area contributed by atoms with Gasteiger partial charge < -0.3 is 9.47 Å². The van der Waals surface area contributed by atoms with Crippen molar-refractivity contribution in [2.75, 3.05) is 13.1 Å². The monoisotopic (exact) mass is 353 g/mol. The highest BCUT2D eigenvalue weighted by Gasteiger charge is 2.20.